The second-order valence-corrected chi connectivity index (χ2v) is 5.67. The lowest BCUT2D eigenvalue weighted by atomic mass is 10.0. The van der Waals surface area contributed by atoms with Crippen molar-refractivity contribution in [2.24, 2.45) is 5.92 Å². The van der Waals surface area contributed by atoms with Gasteiger partial charge >= 0.3 is 0 Å². The number of hydrogen-bond donors (Lipinski definition) is 2. The molecule has 0 fully saturated rings. The van der Waals surface area contributed by atoms with Crippen molar-refractivity contribution in [2.45, 2.75) is 47.0 Å². The molecule has 0 aromatic heterocycles. The van der Waals surface area contributed by atoms with E-state index in [-0.39, 0.29) is 5.91 Å². The van der Waals surface area contributed by atoms with Gasteiger partial charge in [-0.15, -0.1) is 0 Å². The van der Waals surface area contributed by atoms with Crippen LogP contribution >= 0.6 is 0 Å². The molecule has 0 atom stereocenters. The van der Waals surface area contributed by atoms with Crippen LogP contribution in [0.15, 0.2) is 12.1 Å². The topological polar surface area (TPSA) is 55.1 Å². The van der Waals surface area contributed by atoms with Crippen LogP contribution in [0.4, 0.5) is 5.69 Å². The number of hydrogen-bond acceptors (Lipinski definition) is 2. The zero-order valence-corrected chi connectivity index (χ0v) is 12.5. The summed E-state index contributed by atoms with van der Waals surface area (Å²) >= 11 is 0. The Kier molecular flexibility index (Phi) is 5.87. The van der Waals surface area contributed by atoms with Crippen LogP contribution in [0.3, 0.4) is 0 Å². The van der Waals surface area contributed by atoms with Crippen molar-refractivity contribution in [1.29, 1.82) is 0 Å². The second kappa shape index (κ2) is 7.17. The maximum absolute atomic E-state index is 12.1. The van der Waals surface area contributed by atoms with Crippen molar-refractivity contribution >= 4 is 11.6 Å². The number of benzene rings is 1. The zero-order valence-electron chi connectivity index (χ0n) is 12.5. The normalized spacial score (nSPS) is 10.8. The van der Waals surface area contributed by atoms with Gasteiger partial charge in [0.05, 0.1) is 0 Å². The number of anilines is 1. The number of unbranched alkanes of at least 4 members (excludes halogenated alkanes) is 1. The number of aryl methyl sites for hydroxylation is 2. The maximum atomic E-state index is 12.1. The molecule has 3 N–H and O–H groups in total. The van der Waals surface area contributed by atoms with Gasteiger partial charge in [-0.05, 0) is 43.4 Å². The number of rotatable bonds is 6. The van der Waals surface area contributed by atoms with Crippen LogP contribution < -0.4 is 11.1 Å². The van der Waals surface area contributed by atoms with Crippen molar-refractivity contribution in [1.82, 2.24) is 5.32 Å². The van der Waals surface area contributed by atoms with Gasteiger partial charge in [0, 0.05) is 17.8 Å². The molecule has 0 radical (unpaired) electrons. The number of amides is 1. The van der Waals surface area contributed by atoms with Crippen molar-refractivity contribution in [3.05, 3.63) is 28.8 Å². The molecule has 19 heavy (non-hydrogen) atoms. The lowest BCUT2D eigenvalue weighted by molar-refractivity contribution is 0.0952. The van der Waals surface area contributed by atoms with E-state index in [1.54, 1.807) is 6.07 Å². The summed E-state index contributed by atoms with van der Waals surface area (Å²) in [6, 6.07) is 3.73. The average molecular weight is 262 g/mol. The fourth-order valence-corrected chi connectivity index (χ4v) is 2.09. The van der Waals surface area contributed by atoms with E-state index in [0.717, 1.165) is 36.4 Å². The van der Waals surface area contributed by atoms with E-state index in [1.165, 1.54) is 6.42 Å². The molecular weight excluding hydrogens is 236 g/mol. The van der Waals surface area contributed by atoms with E-state index in [2.05, 4.69) is 19.2 Å². The van der Waals surface area contributed by atoms with Gasteiger partial charge in [0.1, 0.15) is 0 Å². The van der Waals surface area contributed by atoms with Crippen molar-refractivity contribution in [2.75, 3.05) is 12.3 Å². The summed E-state index contributed by atoms with van der Waals surface area (Å²) in [5.41, 5.74) is 9.22. The van der Waals surface area contributed by atoms with E-state index in [9.17, 15) is 4.79 Å². The Labute approximate surface area is 116 Å². The minimum absolute atomic E-state index is 0.0197. The Balaban J connectivity index is 2.48. The summed E-state index contributed by atoms with van der Waals surface area (Å²) in [7, 11) is 0. The van der Waals surface area contributed by atoms with E-state index in [0.29, 0.717) is 11.3 Å². The molecule has 0 spiro atoms. The Bertz CT molecular complexity index is 439. The summed E-state index contributed by atoms with van der Waals surface area (Å²) in [6.07, 6.45) is 3.41. The molecule has 3 heteroatoms. The number of carbonyl (C=O) groups excluding carboxylic acids is 1. The quantitative estimate of drug-likeness (QED) is 0.609. The van der Waals surface area contributed by atoms with Gasteiger partial charge in [0.25, 0.3) is 5.91 Å². The first-order valence-corrected chi connectivity index (χ1v) is 7.06. The lowest BCUT2D eigenvalue weighted by Crippen LogP contribution is -2.25. The van der Waals surface area contributed by atoms with Gasteiger partial charge in [-0.1, -0.05) is 32.8 Å². The summed E-state index contributed by atoms with van der Waals surface area (Å²) in [6.45, 7) is 9.07. The summed E-state index contributed by atoms with van der Waals surface area (Å²) in [4.78, 5) is 12.1. The standard InChI is InChI=1S/C16H26N2O/c1-11(2)7-5-6-8-18-16(19)14-10-15(17)13(4)9-12(14)3/h9-11H,5-8,17H2,1-4H3,(H,18,19). The monoisotopic (exact) mass is 262 g/mol. The molecule has 1 amide bonds. The SMILES string of the molecule is Cc1cc(C)c(C(=O)NCCCCC(C)C)cc1N. The summed E-state index contributed by atoms with van der Waals surface area (Å²) in [5, 5.41) is 2.97. The van der Waals surface area contributed by atoms with Crippen LogP contribution in [-0.4, -0.2) is 12.5 Å². The third kappa shape index (κ3) is 4.93. The third-order valence-corrected chi connectivity index (χ3v) is 3.35. The van der Waals surface area contributed by atoms with Gasteiger partial charge < -0.3 is 11.1 Å². The van der Waals surface area contributed by atoms with E-state index in [4.69, 9.17) is 5.73 Å². The number of nitrogen functional groups attached to an aromatic ring is 1. The van der Waals surface area contributed by atoms with E-state index < -0.39 is 0 Å². The van der Waals surface area contributed by atoms with Crippen LogP contribution in [-0.2, 0) is 0 Å². The molecule has 0 unspecified atom stereocenters. The molecule has 0 saturated heterocycles. The third-order valence-electron chi connectivity index (χ3n) is 3.35. The van der Waals surface area contributed by atoms with E-state index >= 15 is 0 Å². The smallest absolute Gasteiger partial charge is 0.251 e. The van der Waals surface area contributed by atoms with Gasteiger partial charge in [-0.25, -0.2) is 0 Å². The Morgan fingerprint density at radius 3 is 2.53 bits per heavy atom. The van der Waals surface area contributed by atoms with Crippen molar-refractivity contribution in [3.8, 4) is 0 Å². The van der Waals surface area contributed by atoms with Gasteiger partial charge in [-0.3, -0.25) is 4.79 Å². The van der Waals surface area contributed by atoms with Gasteiger partial charge in [-0.2, -0.15) is 0 Å². The minimum atomic E-state index is -0.0197. The van der Waals surface area contributed by atoms with Crippen LogP contribution in [0.2, 0.25) is 0 Å². The fraction of sp³-hybridized carbons (Fsp3) is 0.562. The molecule has 1 rings (SSSR count). The highest BCUT2D eigenvalue weighted by atomic mass is 16.1. The predicted molar refractivity (Wildman–Crippen MR) is 81.4 cm³/mol. The molecule has 0 heterocycles. The summed E-state index contributed by atoms with van der Waals surface area (Å²) < 4.78 is 0. The Morgan fingerprint density at radius 2 is 1.89 bits per heavy atom. The molecule has 1 aromatic carbocycles. The van der Waals surface area contributed by atoms with Crippen molar-refractivity contribution in [3.63, 3.8) is 0 Å². The van der Waals surface area contributed by atoms with Crippen LogP contribution in [0, 0.1) is 19.8 Å². The van der Waals surface area contributed by atoms with Gasteiger partial charge in [0.2, 0.25) is 0 Å². The zero-order chi connectivity index (χ0) is 14.4. The van der Waals surface area contributed by atoms with Crippen LogP contribution in [0.5, 0.6) is 0 Å². The largest absolute Gasteiger partial charge is 0.398 e. The van der Waals surface area contributed by atoms with Crippen LogP contribution in [0.25, 0.3) is 0 Å². The predicted octanol–water partition coefficient (Wildman–Crippen LogP) is 3.44. The first-order valence-electron chi connectivity index (χ1n) is 7.06. The molecule has 0 bridgehead atoms. The Morgan fingerprint density at radius 1 is 1.21 bits per heavy atom. The molecule has 0 saturated carbocycles. The molecule has 0 aliphatic rings. The number of nitrogens with two attached hydrogens (primary N) is 1. The highest BCUT2D eigenvalue weighted by molar-refractivity contribution is 5.96. The minimum Gasteiger partial charge on any atom is -0.398 e. The first kappa shape index (κ1) is 15.5. The van der Waals surface area contributed by atoms with E-state index in [1.807, 2.05) is 19.9 Å². The molecule has 0 aliphatic carbocycles. The number of nitrogens with one attached hydrogen (secondary N) is 1. The molecule has 0 aliphatic heterocycles. The van der Waals surface area contributed by atoms with Crippen molar-refractivity contribution < 1.29 is 4.79 Å². The number of carbonyl (C=O) groups is 1. The molecule has 1 aromatic rings. The highest BCUT2D eigenvalue weighted by Gasteiger charge is 2.10. The average Bonchev–Trinajstić information content (AvgIpc) is 2.32. The molecule has 3 nitrogen and oxygen atoms in total. The van der Waals surface area contributed by atoms with Gasteiger partial charge in [0.15, 0.2) is 0 Å². The maximum Gasteiger partial charge on any atom is 0.251 e. The second-order valence-electron chi connectivity index (χ2n) is 5.67. The molecular formula is C16H26N2O. The fourth-order valence-electron chi connectivity index (χ4n) is 2.09. The Hall–Kier alpha value is -1.51. The first-order chi connectivity index (χ1) is 8.91. The lowest BCUT2D eigenvalue weighted by Gasteiger charge is -2.10. The highest BCUT2D eigenvalue weighted by Crippen LogP contribution is 2.17. The summed E-state index contributed by atoms with van der Waals surface area (Å²) in [5.74, 6) is 0.712. The molecule has 106 valence electrons. The van der Waals surface area contributed by atoms with Crippen LogP contribution in [0.1, 0.15) is 54.6 Å².